The van der Waals surface area contributed by atoms with E-state index in [9.17, 15) is 0 Å². The molecule has 0 aliphatic heterocycles. The first-order valence-electron chi connectivity index (χ1n) is 5.85. The lowest BCUT2D eigenvalue weighted by Gasteiger charge is -2.04. The van der Waals surface area contributed by atoms with Gasteiger partial charge in [0.1, 0.15) is 0 Å². The second kappa shape index (κ2) is 5.03. The highest BCUT2D eigenvalue weighted by Gasteiger charge is 2.05. The van der Waals surface area contributed by atoms with Crippen LogP contribution in [0.15, 0.2) is 30.5 Å². The molecule has 1 aromatic heterocycles. The number of aryl methyl sites for hydroxylation is 1. The van der Waals surface area contributed by atoms with E-state index >= 15 is 0 Å². The van der Waals surface area contributed by atoms with Gasteiger partial charge < -0.3 is 9.88 Å². The van der Waals surface area contributed by atoms with Crippen LogP contribution in [-0.4, -0.2) is 11.1 Å². The molecule has 3 nitrogen and oxygen atoms in total. The summed E-state index contributed by atoms with van der Waals surface area (Å²) in [5.74, 6) is 0.0602. The van der Waals surface area contributed by atoms with Crippen molar-refractivity contribution < 1.29 is 0 Å². The third-order valence-electron chi connectivity index (χ3n) is 2.97. The van der Waals surface area contributed by atoms with Gasteiger partial charge in [0.15, 0.2) is 0 Å². The summed E-state index contributed by atoms with van der Waals surface area (Å²) in [7, 11) is 2.06. The predicted molar refractivity (Wildman–Crippen MR) is 69.4 cm³/mol. The summed E-state index contributed by atoms with van der Waals surface area (Å²) in [5, 5.41) is 13.3. The van der Waals surface area contributed by atoms with Crippen molar-refractivity contribution in [1.82, 2.24) is 9.88 Å². The van der Waals surface area contributed by atoms with E-state index in [-0.39, 0.29) is 5.92 Å². The van der Waals surface area contributed by atoms with Gasteiger partial charge in [-0.3, -0.25) is 0 Å². The lowest BCUT2D eigenvalue weighted by atomic mass is 10.1. The van der Waals surface area contributed by atoms with Crippen LogP contribution in [0.25, 0.3) is 10.9 Å². The molecule has 2 rings (SSSR count). The van der Waals surface area contributed by atoms with Gasteiger partial charge in [0.2, 0.25) is 0 Å². The van der Waals surface area contributed by atoms with Crippen molar-refractivity contribution in [2.45, 2.75) is 13.5 Å². The van der Waals surface area contributed by atoms with E-state index in [0.717, 1.165) is 13.1 Å². The summed E-state index contributed by atoms with van der Waals surface area (Å²) < 4.78 is 2.14. The average Bonchev–Trinajstić information content (AvgIpc) is 2.67. The first-order valence-corrected chi connectivity index (χ1v) is 5.85. The van der Waals surface area contributed by atoms with E-state index in [2.05, 4.69) is 53.5 Å². The molecule has 17 heavy (non-hydrogen) atoms. The molecule has 1 heterocycles. The molecule has 0 fully saturated rings. The van der Waals surface area contributed by atoms with Crippen molar-refractivity contribution in [3.8, 4) is 6.07 Å². The summed E-state index contributed by atoms with van der Waals surface area (Å²) in [6.07, 6.45) is 2.15. The van der Waals surface area contributed by atoms with E-state index in [1.54, 1.807) is 0 Å². The summed E-state index contributed by atoms with van der Waals surface area (Å²) >= 11 is 0. The largest absolute Gasteiger partial charge is 0.350 e. The van der Waals surface area contributed by atoms with Crippen LogP contribution in [0.4, 0.5) is 0 Å². The number of nitrogens with one attached hydrogen (secondary N) is 1. The van der Waals surface area contributed by atoms with E-state index in [1.807, 2.05) is 6.92 Å². The van der Waals surface area contributed by atoms with Gasteiger partial charge >= 0.3 is 0 Å². The number of aromatic nitrogens is 1. The number of rotatable bonds is 4. The number of para-hydroxylation sites is 1. The Balaban J connectivity index is 2.12. The first kappa shape index (κ1) is 11.7. The van der Waals surface area contributed by atoms with Crippen LogP contribution in [0.1, 0.15) is 12.5 Å². The Morgan fingerprint density at radius 3 is 2.94 bits per heavy atom. The van der Waals surface area contributed by atoms with E-state index in [0.29, 0.717) is 0 Å². The summed E-state index contributed by atoms with van der Waals surface area (Å²) in [5.41, 5.74) is 2.53. The van der Waals surface area contributed by atoms with Gasteiger partial charge in [-0.1, -0.05) is 18.2 Å². The summed E-state index contributed by atoms with van der Waals surface area (Å²) in [6, 6.07) is 10.6. The molecule has 88 valence electrons. The lowest BCUT2D eigenvalue weighted by molar-refractivity contribution is 0.602. The zero-order chi connectivity index (χ0) is 12.3. The van der Waals surface area contributed by atoms with Crippen molar-refractivity contribution in [3.63, 3.8) is 0 Å². The van der Waals surface area contributed by atoms with Gasteiger partial charge in [-0.25, -0.2) is 0 Å². The van der Waals surface area contributed by atoms with E-state index < -0.39 is 0 Å². The van der Waals surface area contributed by atoms with Crippen LogP contribution >= 0.6 is 0 Å². The van der Waals surface area contributed by atoms with Crippen molar-refractivity contribution in [2.24, 2.45) is 13.0 Å². The molecular weight excluding hydrogens is 210 g/mol. The predicted octanol–water partition coefficient (Wildman–Crippen LogP) is 2.43. The molecule has 0 radical (unpaired) electrons. The standard InChI is InChI=1S/C14H17N3/c1-11(7-15)8-16-9-12-10-17(2)14-6-4-3-5-13(12)14/h3-6,10-11,16H,8-9H2,1-2H3. The fraction of sp³-hybridized carbons (Fsp3) is 0.357. The van der Waals surface area contributed by atoms with Crippen molar-refractivity contribution in [3.05, 3.63) is 36.0 Å². The third kappa shape index (κ3) is 2.48. The first-order chi connectivity index (χ1) is 8.22. The minimum Gasteiger partial charge on any atom is -0.350 e. The summed E-state index contributed by atoms with van der Waals surface area (Å²) in [6.45, 7) is 3.48. The van der Waals surface area contributed by atoms with Crippen molar-refractivity contribution >= 4 is 10.9 Å². The number of nitriles is 1. The quantitative estimate of drug-likeness (QED) is 0.871. The van der Waals surface area contributed by atoms with Crippen LogP contribution in [0, 0.1) is 17.2 Å². The van der Waals surface area contributed by atoms with Gasteiger partial charge in [-0.05, 0) is 18.6 Å². The Kier molecular flexibility index (Phi) is 3.46. The highest BCUT2D eigenvalue weighted by atomic mass is 14.9. The van der Waals surface area contributed by atoms with Gasteiger partial charge in [-0.15, -0.1) is 0 Å². The zero-order valence-corrected chi connectivity index (χ0v) is 10.3. The molecule has 0 bridgehead atoms. The molecular formula is C14H17N3. The topological polar surface area (TPSA) is 40.8 Å². The Bertz CT molecular complexity index is 548. The Hall–Kier alpha value is -1.79. The molecule has 0 spiro atoms. The van der Waals surface area contributed by atoms with Gasteiger partial charge in [0, 0.05) is 37.2 Å². The maximum absolute atomic E-state index is 8.71. The molecule has 1 N–H and O–H groups in total. The fourth-order valence-electron chi connectivity index (χ4n) is 2.04. The number of hydrogen-bond donors (Lipinski definition) is 1. The van der Waals surface area contributed by atoms with Gasteiger partial charge in [0.05, 0.1) is 12.0 Å². The second-order valence-electron chi connectivity index (χ2n) is 4.44. The zero-order valence-electron chi connectivity index (χ0n) is 10.3. The molecule has 0 amide bonds. The maximum Gasteiger partial charge on any atom is 0.0666 e. The van der Waals surface area contributed by atoms with Crippen LogP contribution in [0.3, 0.4) is 0 Å². The molecule has 0 saturated carbocycles. The molecule has 0 aliphatic rings. The molecule has 2 aromatic rings. The van der Waals surface area contributed by atoms with Gasteiger partial charge in [0.25, 0.3) is 0 Å². The van der Waals surface area contributed by atoms with Crippen LogP contribution in [-0.2, 0) is 13.6 Å². The Labute approximate surface area is 102 Å². The average molecular weight is 227 g/mol. The lowest BCUT2D eigenvalue weighted by Crippen LogP contribution is -2.19. The minimum absolute atomic E-state index is 0.0602. The maximum atomic E-state index is 8.71. The van der Waals surface area contributed by atoms with Gasteiger partial charge in [-0.2, -0.15) is 5.26 Å². The number of hydrogen-bond acceptors (Lipinski definition) is 2. The van der Waals surface area contributed by atoms with E-state index in [4.69, 9.17) is 5.26 Å². The SMILES string of the molecule is CC(C#N)CNCc1cn(C)c2ccccc12. The Morgan fingerprint density at radius 2 is 2.18 bits per heavy atom. The Morgan fingerprint density at radius 1 is 1.41 bits per heavy atom. The molecule has 3 heteroatoms. The second-order valence-corrected chi connectivity index (χ2v) is 4.44. The highest BCUT2D eigenvalue weighted by molar-refractivity contribution is 5.83. The number of benzene rings is 1. The molecule has 1 unspecified atom stereocenters. The molecule has 1 atom stereocenters. The van der Waals surface area contributed by atoms with Crippen LogP contribution in [0.2, 0.25) is 0 Å². The van der Waals surface area contributed by atoms with Crippen molar-refractivity contribution in [2.75, 3.05) is 6.54 Å². The number of fused-ring (bicyclic) bond motifs is 1. The van der Waals surface area contributed by atoms with Crippen molar-refractivity contribution in [1.29, 1.82) is 5.26 Å². The monoisotopic (exact) mass is 227 g/mol. The molecule has 0 saturated heterocycles. The highest BCUT2D eigenvalue weighted by Crippen LogP contribution is 2.19. The van der Waals surface area contributed by atoms with E-state index in [1.165, 1.54) is 16.5 Å². The van der Waals surface area contributed by atoms with Crippen LogP contribution < -0.4 is 5.32 Å². The minimum atomic E-state index is 0.0602. The fourth-order valence-corrected chi connectivity index (χ4v) is 2.04. The third-order valence-corrected chi connectivity index (χ3v) is 2.97. The molecule has 1 aromatic carbocycles. The normalized spacial score (nSPS) is 12.5. The molecule has 0 aliphatic carbocycles. The smallest absolute Gasteiger partial charge is 0.0666 e. The number of nitrogens with zero attached hydrogens (tertiary/aromatic N) is 2. The summed E-state index contributed by atoms with van der Waals surface area (Å²) in [4.78, 5) is 0. The van der Waals surface area contributed by atoms with Crippen LogP contribution in [0.5, 0.6) is 0 Å².